The number of hydrogen-bond acceptors (Lipinski definition) is 2. The molecule has 116 valence electrons. The van der Waals surface area contributed by atoms with Gasteiger partial charge in [-0.2, -0.15) is 5.10 Å². The second-order valence-corrected chi connectivity index (χ2v) is 6.11. The van der Waals surface area contributed by atoms with E-state index in [4.69, 9.17) is 0 Å². The first-order valence-corrected chi connectivity index (χ1v) is 8.10. The maximum atomic E-state index is 12.0. The van der Waals surface area contributed by atoms with E-state index in [0.29, 0.717) is 13.0 Å². The molecule has 3 aromatic rings. The van der Waals surface area contributed by atoms with E-state index in [2.05, 4.69) is 26.3 Å². The van der Waals surface area contributed by atoms with Crippen molar-refractivity contribution in [2.75, 3.05) is 0 Å². The van der Waals surface area contributed by atoms with E-state index in [-0.39, 0.29) is 5.91 Å². The highest BCUT2D eigenvalue weighted by Gasteiger charge is 2.04. The van der Waals surface area contributed by atoms with Gasteiger partial charge in [0.05, 0.1) is 12.1 Å². The lowest BCUT2D eigenvalue weighted by Gasteiger charge is -2.07. The first kappa shape index (κ1) is 15.5. The minimum absolute atomic E-state index is 0.0137. The average molecular weight is 370 g/mol. The van der Waals surface area contributed by atoms with Gasteiger partial charge in [0.1, 0.15) is 0 Å². The number of nitrogens with one attached hydrogen (secondary N) is 1. The van der Waals surface area contributed by atoms with Crippen molar-refractivity contribution in [2.24, 2.45) is 0 Å². The molecule has 3 rings (SSSR count). The van der Waals surface area contributed by atoms with Gasteiger partial charge in [0.25, 0.3) is 0 Å². The number of nitrogens with zero attached hydrogens (tertiary/aromatic N) is 2. The Kier molecular flexibility index (Phi) is 4.88. The summed E-state index contributed by atoms with van der Waals surface area (Å²) in [5.41, 5.74) is 3.04. The van der Waals surface area contributed by atoms with Crippen LogP contribution in [-0.2, 0) is 17.8 Å². The zero-order valence-corrected chi connectivity index (χ0v) is 14.0. The number of halogens is 1. The first-order valence-electron chi connectivity index (χ1n) is 7.31. The van der Waals surface area contributed by atoms with Crippen molar-refractivity contribution in [3.63, 3.8) is 0 Å². The Morgan fingerprint density at radius 1 is 1.04 bits per heavy atom. The molecule has 0 unspecified atom stereocenters. The molecule has 1 aromatic heterocycles. The molecule has 0 aliphatic rings. The van der Waals surface area contributed by atoms with Crippen LogP contribution in [0.15, 0.2) is 71.5 Å². The third kappa shape index (κ3) is 4.29. The van der Waals surface area contributed by atoms with Gasteiger partial charge in [0.15, 0.2) is 0 Å². The fraction of sp³-hybridized carbons (Fsp3) is 0.111. The lowest BCUT2D eigenvalue weighted by atomic mass is 10.1. The molecule has 5 heteroatoms. The summed E-state index contributed by atoms with van der Waals surface area (Å²) >= 11 is 3.40. The van der Waals surface area contributed by atoms with Crippen LogP contribution in [0, 0.1) is 0 Å². The van der Waals surface area contributed by atoms with Gasteiger partial charge in [0.2, 0.25) is 5.91 Å². The summed E-state index contributed by atoms with van der Waals surface area (Å²) in [5, 5.41) is 7.12. The van der Waals surface area contributed by atoms with Crippen molar-refractivity contribution in [2.45, 2.75) is 13.0 Å². The number of hydrogen-bond donors (Lipinski definition) is 1. The van der Waals surface area contributed by atoms with E-state index in [1.165, 1.54) is 0 Å². The Hall–Kier alpha value is -2.40. The van der Waals surface area contributed by atoms with Crippen molar-refractivity contribution in [1.29, 1.82) is 0 Å². The molecule has 1 N–H and O–H groups in total. The maximum absolute atomic E-state index is 12.0. The number of benzene rings is 2. The molecule has 0 radical (unpaired) electrons. The van der Waals surface area contributed by atoms with E-state index in [1.807, 2.05) is 60.8 Å². The normalized spacial score (nSPS) is 10.5. The average Bonchev–Trinajstić information content (AvgIpc) is 3.09. The maximum Gasteiger partial charge on any atom is 0.224 e. The first-order chi connectivity index (χ1) is 11.2. The second-order valence-electron chi connectivity index (χ2n) is 5.20. The van der Waals surface area contributed by atoms with Crippen LogP contribution < -0.4 is 5.32 Å². The predicted octanol–water partition coefficient (Wildman–Crippen LogP) is 3.49. The number of carbonyl (C=O) groups excluding carboxylic acids is 1. The van der Waals surface area contributed by atoms with E-state index < -0.39 is 0 Å². The van der Waals surface area contributed by atoms with Gasteiger partial charge < -0.3 is 5.32 Å². The van der Waals surface area contributed by atoms with Gasteiger partial charge in [-0.3, -0.25) is 4.79 Å². The topological polar surface area (TPSA) is 46.9 Å². The van der Waals surface area contributed by atoms with E-state index in [1.54, 1.807) is 10.9 Å². The van der Waals surface area contributed by atoms with Crippen LogP contribution in [0.1, 0.15) is 11.1 Å². The van der Waals surface area contributed by atoms with Crippen molar-refractivity contribution in [3.8, 4) is 5.69 Å². The lowest BCUT2D eigenvalue weighted by Crippen LogP contribution is -2.24. The third-order valence-electron chi connectivity index (χ3n) is 3.47. The van der Waals surface area contributed by atoms with Gasteiger partial charge in [0, 0.05) is 23.4 Å². The molecule has 0 atom stereocenters. The Labute approximate surface area is 143 Å². The summed E-state index contributed by atoms with van der Waals surface area (Å²) in [7, 11) is 0. The van der Waals surface area contributed by atoms with Gasteiger partial charge in [-0.05, 0) is 41.5 Å². The predicted molar refractivity (Wildman–Crippen MR) is 93.3 cm³/mol. The van der Waals surface area contributed by atoms with Crippen LogP contribution in [0.3, 0.4) is 0 Å². The Morgan fingerprint density at radius 2 is 1.74 bits per heavy atom. The van der Waals surface area contributed by atoms with Crippen LogP contribution >= 0.6 is 15.9 Å². The minimum Gasteiger partial charge on any atom is -0.352 e. The van der Waals surface area contributed by atoms with Gasteiger partial charge in [-0.15, -0.1) is 0 Å². The monoisotopic (exact) mass is 369 g/mol. The summed E-state index contributed by atoms with van der Waals surface area (Å²) < 4.78 is 2.82. The molecule has 2 aromatic carbocycles. The smallest absolute Gasteiger partial charge is 0.224 e. The molecular formula is C18H16BrN3O. The SMILES string of the molecule is O=C(Cc1ccc(-n2cccn2)cc1)NCc1ccc(Br)cc1. The summed E-state index contributed by atoms with van der Waals surface area (Å²) in [4.78, 5) is 12.0. The van der Waals surface area contributed by atoms with Crippen LogP contribution in [0.5, 0.6) is 0 Å². The Bertz CT molecular complexity index is 765. The summed E-state index contributed by atoms with van der Waals surface area (Å²) in [6.07, 6.45) is 4.00. The summed E-state index contributed by atoms with van der Waals surface area (Å²) in [5.74, 6) is 0.0137. The van der Waals surface area contributed by atoms with Crippen LogP contribution in [-0.4, -0.2) is 15.7 Å². The summed E-state index contributed by atoms with van der Waals surface area (Å²) in [6.45, 7) is 0.539. The minimum atomic E-state index is 0.0137. The van der Waals surface area contributed by atoms with Crippen LogP contribution in [0.4, 0.5) is 0 Å². The van der Waals surface area contributed by atoms with E-state index in [9.17, 15) is 4.79 Å². The Morgan fingerprint density at radius 3 is 2.39 bits per heavy atom. The fourth-order valence-corrected chi connectivity index (χ4v) is 2.50. The van der Waals surface area contributed by atoms with Crippen LogP contribution in [0.25, 0.3) is 5.69 Å². The Balaban J connectivity index is 1.54. The molecule has 0 bridgehead atoms. The zero-order valence-electron chi connectivity index (χ0n) is 12.4. The number of carbonyl (C=O) groups is 1. The van der Waals surface area contributed by atoms with Crippen molar-refractivity contribution < 1.29 is 4.79 Å². The van der Waals surface area contributed by atoms with Crippen molar-refractivity contribution in [1.82, 2.24) is 15.1 Å². The molecule has 0 fully saturated rings. The molecule has 1 heterocycles. The fourth-order valence-electron chi connectivity index (χ4n) is 2.24. The molecule has 0 saturated heterocycles. The molecule has 4 nitrogen and oxygen atoms in total. The van der Waals surface area contributed by atoms with E-state index in [0.717, 1.165) is 21.3 Å². The highest BCUT2D eigenvalue weighted by molar-refractivity contribution is 9.10. The highest BCUT2D eigenvalue weighted by Crippen LogP contribution is 2.11. The van der Waals surface area contributed by atoms with Crippen LogP contribution in [0.2, 0.25) is 0 Å². The van der Waals surface area contributed by atoms with E-state index >= 15 is 0 Å². The second kappa shape index (κ2) is 7.24. The standard InChI is InChI=1S/C18H16BrN3O/c19-16-6-2-15(3-7-16)13-20-18(23)12-14-4-8-17(9-5-14)22-11-1-10-21-22/h1-11H,12-13H2,(H,20,23). The largest absolute Gasteiger partial charge is 0.352 e. The zero-order chi connectivity index (χ0) is 16.1. The molecule has 23 heavy (non-hydrogen) atoms. The highest BCUT2D eigenvalue weighted by atomic mass is 79.9. The number of aromatic nitrogens is 2. The summed E-state index contributed by atoms with van der Waals surface area (Å²) in [6, 6.07) is 17.6. The van der Waals surface area contributed by atoms with Crippen molar-refractivity contribution >= 4 is 21.8 Å². The van der Waals surface area contributed by atoms with Gasteiger partial charge in [-0.25, -0.2) is 4.68 Å². The molecule has 1 amide bonds. The van der Waals surface area contributed by atoms with Gasteiger partial charge >= 0.3 is 0 Å². The number of amides is 1. The van der Waals surface area contributed by atoms with Crippen molar-refractivity contribution in [3.05, 3.63) is 82.6 Å². The quantitative estimate of drug-likeness (QED) is 0.747. The molecule has 0 saturated carbocycles. The number of rotatable bonds is 5. The van der Waals surface area contributed by atoms with Gasteiger partial charge in [-0.1, -0.05) is 40.2 Å². The lowest BCUT2D eigenvalue weighted by molar-refractivity contribution is -0.120. The molecule has 0 spiro atoms. The molecule has 0 aliphatic heterocycles. The molecule has 0 aliphatic carbocycles. The molecular weight excluding hydrogens is 354 g/mol. The third-order valence-corrected chi connectivity index (χ3v) is 4.00.